The zero-order valence-corrected chi connectivity index (χ0v) is 12.0. The van der Waals surface area contributed by atoms with Gasteiger partial charge >= 0.3 is 5.97 Å². The van der Waals surface area contributed by atoms with E-state index in [-0.39, 0.29) is 5.97 Å². The van der Waals surface area contributed by atoms with Gasteiger partial charge in [-0.1, -0.05) is 12.1 Å². The van der Waals surface area contributed by atoms with Gasteiger partial charge in [-0.2, -0.15) is 0 Å². The number of para-hydroxylation sites is 2. The van der Waals surface area contributed by atoms with Crippen LogP contribution in [-0.4, -0.2) is 28.2 Å². The van der Waals surface area contributed by atoms with Crippen LogP contribution in [-0.2, 0) is 16.1 Å². The second kappa shape index (κ2) is 6.05. The Kier molecular flexibility index (Phi) is 4.39. The molecule has 1 atom stereocenters. The molecule has 0 bridgehead atoms. The number of hydrogen-bond acceptors (Lipinski definition) is 4. The number of hydrogen-bond donors (Lipinski definition) is 1. The highest BCUT2D eigenvalue weighted by molar-refractivity contribution is 5.79. The van der Waals surface area contributed by atoms with Gasteiger partial charge in [-0.3, -0.25) is 4.79 Å². The van der Waals surface area contributed by atoms with Crippen molar-refractivity contribution in [3.63, 3.8) is 0 Å². The fraction of sp³-hybridized carbons (Fsp3) is 0.467. The lowest BCUT2D eigenvalue weighted by molar-refractivity contribution is -0.146. The molecule has 0 saturated carbocycles. The molecular weight excluding hydrogens is 254 g/mol. The topological polar surface area (TPSA) is 70.1 Å². The first-order chi connectivity index (χ1) is 9.54. The third kappa shape index (κ3) is 3.17. The van der Waals surface area contributed by atoms with E-state index in [2.05, 4.69) is 15.6 Å². The average molecular weight is 275 g/mol. The highest BCUT2D eigenvalue weighted by Gasteiger charge is 2.28. The van der Waals surface area contributed by atoms with Crippen molar-refractivity contribution < 1.29 is 9.53 Å². The van der Waals surface area contributed by atoms with Crippen LogP contribution in [0.4, 0.5) is 0 Å². The second-order valence-corrected chi connectivity index (χ2v) is 5.29. The number of imidazole rings is 1. The maximum Gasteiger partial charge on any atom is 0.325 e. The Balaban J connectivity index is 1.86. The molecule has 0 radical (unpaired) electrons. The Labute approximate surface area is 118 Å². The van der Waals surface area contributed by atoms with Crippen LogP contribution in [0.5, 0.6) is 0 Å². The Morgan fingerprint density at radius 1 is 1.40 bits per heavy atom. The molecule has 2 rings (SSSR count). The number of unbranched alkanes of at least 4 members (excludes halogenated alkanes) is 1. The smallest absolute Gasteiger partial charge is 0.325 e. The van der Waals surface area contributed by atoms with Crippen molar-refractivity contribution >= 4 is 17.0 Å². The van der Waals surface area contributed by atoms with Crippen LogP contribution in [0.25, 0.3) is 11.0 Å². The second-order valence-electron chi connectivity index (χ2n) is 5.29. The largest absolute Gasteiger partial charge is 0.468 e. The monoisotopic (exact) mass is 275 g/mol. The van der Waals surface area contributed by atoms with Gasteiger partial charge in [-0.25, -0.2) is 4.98 Å². The molecule has 2 N–H and O–H groups in total. The van der Waals surface area contributed by atoms with Crippen LogP contribution in [0, 0.1) is 0 Å². The molecule has 0 fully saturated rings. The van der Waals surface area contributed by atoms with Crippen LogP contribution >= 0.6 is 0 Å². The van der Waals surface area contributed by atoms with Crippen molar-refractivity contribution in [2.75, 3.05) is 7.11 Å². The fourth-order valence-corrected chi connectivity index (χ4v) is 2.30. The molecule has 0 spiro atoms. The maximum absolute atomic E-state index is 11.5. The summed E-state index contributed by atoms with van der Waals surface area (Å²) in [5.74, 6) is -0.356. The predicted octanol–water partition coefficient (Wildman–Crippen LogP) is 2.10. The lowest BCUT2D eigenvalue weighted by atomic mass is 9.96. The molecule has 1 heterocycles. The van der Waals surface area contributed by atoms with Crippen molar-refractivity contribution in [2.45, 2.75) is 38.3 Å². The average Bonchev–Trinajstić information content (AvgIpc) is 2.86. The molecule has 1 aromatic heterocycles. The summed E-state index contributed by atoms with van der Waals surface area (Å²) in [5, 5.41) is 0. The number of benzene rings is 1. The normalized spacial score (nSPS) is 14.2. The molecule has 108 valence electrons. The lowest BCUT2D eigenvalue weighted by Crippen LogP contribution is -2.45. The zero-order valence-electron chi connectivity index (χ0n) is 12.0. The number of nitrogens with two attached hydrogens (primary N) is 1. The van der Waals surface area contributed by atoms with E-state index in [4.69, 9.17) is 10.5 Å². The van der Waals surface area contributed by atoms with Crippen LogP contribution < -0.4 is 5.73 Å². The number of carbonyl (C=O) groups is 1. The molecule has 5 heteroatoms. The first-order valence-corrected chi connectivity index (χ1v) is 6.82. The molecule has 0 saturated heterocycles. The molecular formula is C15H21N3O2. The van der Waals surface area contributed by atoms with E-state index in [1.165, 1.54) is 7.11 Å². The number of aryl methyl sites for hydroxylation is 1. The molecule has 5 nitrogen and oxygen atoms in total. The van der Waals surface area contributed by atoms with Gasteiger partial charge in [0.15, 0.2) is 0 Å². The number of fused-ring (bicyclic) bond motifs is 1. The summed E-state index contributed by atoms with van der Waals surface area (Å²) in [4.78, 5) is 15.8. The lowest BCUT2D eigenvalue weighted by Gasteiger charge is -2.21. The summed E-state index contributed by atoms with van der Waals surface area (Å²) in [5.41, 5.74) is 7.17. The van der Waals surface area contributed by atoms with Crippen molar-refractivity contribution in [1.82, 2.24) is 9.55 Å². The number of esters is 1. The number of ether oxygens (including phenoxy) is 1. The van der Waals surface area contributed by atoms with Gasteiger partial charge in [-0.15, -0.1) is 0 Å². The summed E-state index contributed by atoms with van der Waals surface area (Å²) in [6.45, 7) is 2.59. The summed E-state index contributed by atoms with van der Waals surface area (Å²) in [7, 11) is 1.37. The van der Waals surface area contributed by atoms with Crippen LogP contribution in [0.3, 0.4) is 0 Å². The van der Waals surface area contributed by atoms with E-state index in [9.17, 15) is 4.79 Å². The Morgan fingerprint density at radius 3 is 2.90 bits per heavy atom. The van der Waals surface area contributed by atoms with Gasteiger partial charge in [0.2, 0.25) is 0 Å². The molecule has 2 aromatic rings. The number of rotatable bonds is 6. The molecule has 0 amide bonds. The highest BCUT2D eigenvalue weighted by Crippen LogP contribution is 2.16. The van der Waals surface area contributed by atoms with Crippen LogP contribution in [0.1, 0.15) is 26.2 Å². The SMILES string of the molecule is COC(=O)C(C)(N)CCCCn1cnc2ccccc21. The Hall–Kier alpha value is -1.88. The summed E-state index contributed by atoms with van der Waals surface area (Å²) < 4.78 is 6.82. The summed E-state index contributed by atoms with van der Waals surface area (Å²) in [6.07, 6.45) is 4.29. The Morgan fingerprint density at radius 2 is 2.15 bits per heavy atom. The maximum atomic E-state index is 11.5. The molecule has 1 aromatic carbocycles. The van der Waals surface area contributed by atoms with Gasteiger partial charge in [0.1, 0.15) is 5.54 Å². The standard InChI is InChI=1S/C15H21N3O2/c1-15(16,14(19)20-2)9-5-6-10-18-11-17-12-7-3-4-8-13(12)18/h3-4,7-8,11H,5-6,9-10,16H2,1-2H3. The first kappa shape index (κ1) is 14.5. The van der Waals surface area contributed by atoms with E-state index in [1.807, 2.05) is 24.5 Å². The summed E-state index contributed by atoms with van der Waals surface area (Å²) in [6, 6.07) is 8.05. The van der Waals surface area contributed by atoms with E-state index < -0.39 is 5.54 Å². The van der Waals surface area contributed by atoms with Crippen molar-refractivity contribution in [1.29, 1.82) is 0 Å². The van der Waals surface area contributed by atoms with Gasteiger partial charge in [0.25, 0.3) is 0 Å². The molecule has 0 aliphatic rings. The summed E-state index contributed by atoms with van der Waals surface area (Å²) >= 11 is 0. The van der Waals surface area contributed by atoms with E-state index >= 15 is 0 Å². The first-order valence-electron chi connectivity index (χ1n) is 6.82. The number of carbonyl (C=O) groups excluding carboxylic acids is 1. The van der Waals surface area contributed by atoms with Crippen molar-refractivity contribution in [3.05, 3.63) is 30.6 Å². The van der Waals surface area contributed by atoms with Gasteiger partial charge in [0.05, 0.1) is 24.5 Å². The molecule has 0 aliphatic carbocycles. The molecule has 1 unspecified atom stereocenters. The minimum atomic E-state index is -0.897. The van der Waals surface area contributed by atoms with Gasteiger partial charge in [0, 0.05) is 6.54 Å². The molecule has 20 heavy (non-hydrogen) atoms. The predicted molar refractivity (Wildman–Crippen MR) is 78.2 cm³/mol. The zero-order chi connectivity index (χ0) is 14.6. The quantitative estimate of drug-likeness (QED) is 0.647. The molecule has 0 aliphatic heterocycles. The van der Waals surface area contributed by atoms with E-state index in [0.29, 0.717) is 6.42 Å². The van der Waals surface area contributed by atoms with Crippen molar-refractivity contribution in [2.24, 2.45) is 5.73 Å². The van der Waals surface area contributed by atoms with Gasteiger partial charge < -0.3 is 15.0 Å². The third-order valence-electron chi connectivity index (χ3n) is 3.52. The number of methoxy groups -OCH3 is 1. The van der Waals surface area contributed by atoms with E-state index in [0.717, 1.165) is 30.4 Å². The van der Waals surface area contributed by atoms with Gasteiger partial charge in [-0.05, 0) is 38.3 Å². The third-order valence-corrected chi connectivity index (χ3v) is 3.52. The van der Waals surface area contributed by atoms with Crippen LogP contribution in [0.15, 0.2) is 30.6 Å². The van der Waals surface area contributed by atoms with Crippen LogP contribution in [0.2, 0.25) is 0 Å². The van der Waals surface area contributed by atoms with Crippen molar-refractivity contribution in [3.8, 4) is 0 Å². The Bertz CT molecular complexity index is 590. The van der Waals surface area contributed by atoms with E-state index in [1.54, 1.807) is 6.92 Å². The minimum absolute atomic E-state index is 0.356. The fourth-order valence-electron chi connectivity index (χ4n) is 2.30. The number of aromatic nitrogens is 2. The minimum Gasteiger partial charge on any atom is -0.468 e. The highest BCUT2D eigenvalue weighted by atomic mass is 16.5. The number of nitrogens with zero attached hydrogens (tertiary/aromatic N) is 2.